The number of rotatable bonds is 8. The van der Waals surface area contributed by atoms with Gasteiger partial charge in [-0.05, 0) is 88.0 Å². The summed E-state index contributed by atoms with van der Waals surface area (Å²) in [4.78, 5) is 7.40. The second-order valence-electron chi connectivity index (χ2n) is 14.8. The lowest BCUT2D eigenvalue weighted by Crippen LogP contribution is -2.09. The van der Waals surface area contributed by atoms with Crippen LogP contribution in [0.2, 0.25) is 0 Å². The smallest absolute Gasteiger partial charge is 0.137 e. The van der Waals surface area contributed by atoms with E-state index in [2.05, 4.69) is 228 Å². The Balaban J connectivity index is 0.883. The standard InChI is InChI=1S/C55H37N3S/c1-4-13-41(14-5-1)48-19-12-20-50-49-35-30-44(37-51(49)59-55(48)50)40-24-22-38(23-25-40)39-26-31-46(32-27-39)58(45-17-8-3-9-18-45)47-33-28-42(29-34-47)53-54(43-15-6-2-7-16-43)57-36-11-10-21-52(57)56-53/h1-37H. The lowest BCUT2D eigenvalue weighted by atomic mass is 9.98. The van der Waals surface area contributed by atoms with Gasteiger partial charge in [0, 0.05) is 54.6 Å². The number of anilines is 3. The average molecular weight is 772 g/mol. The minimum Gasteiger partial charge on any atom is -0.311 e. The zero-order valence-corrected chi connectivity index (χ0v) is 32.9. The molecular formula is C55H37N3S. The lowest BCUT2D eigenvalue weighted by Gasteiger charge is -2.26. The van der Waals surface area contributed by atoms with Gasteiger partial charge >= 0.3 is 0 Å². The van der Waals surface area contributed by atoms with Crippen molar-refractivity contribution in [1.82, 2.24) is 9.38 Å². The Hall–Kier alpha value is -7.53. The third kappa shape index (κ3) is 6.37. The number of thiophene rings is 1. The van der Waals surface area contributed by atoms with Crippen LogP contribution in [-0.2, 0) is 0 Å². The van der Waals surface area contributed by atoms with Crippen molar-refractivity contribution in [2.24, 2.45) is 0 Å². The first-order chi connectivity index (χ1) is 29.2. The molecule has 0 radical (unpaired) electrons. The number of benzene rings is 8. The SMILES string of the molecule is c1ccc(-c2cccc3c2sc2cc(-c4ccc(-c5ccc(N(c6ccccc6)c6ccc(-c7nc8ccccn8c7-c7ccccc7)cc6)cc5)cc4)ccc23)cc1. The lowest BCUT2D eigenvalue weighted by molar-refractivity contribution is 1.19. The van der Waals surface area contributed by atoms with Gasteiger partial charge in [-0.15, -0.1) is 11.3 Å². The molecule has 4 heteroatoms. The molecule has 0 fully saturated rings. The van der Waals surface area contributed by atoms with Gasteiger partial charge in [-0.2, -0.15) is 0 Å². The Morgan fingerprint density at radius 2 is 0.932 bits per heavy atom. The summed E-state index contributed by atoms with van der Waals surface area (Å²) in [6, 6.07) is 78.2. The highest BCUT2D eigenvalue weighted by atomic mass is 32.1. The summed E-state index contributed by atoms with van der Waals surface area (Å²) < 4.78 is 4.83. The van der Waals surface area contributed by atoms with Gasteiger partial charge in [-0.1, -0.05) is 164 Å². The minimum absolute atomic E-state index is 0.928. The van der Waals surface area contributed by atoms with Crippen LogP contribution in [0.25, 0.3) is 81.7 Å². The molecular weight excluding hydrogens is 735 g/mol. The summed E-state index contributed by atoms with van der Waals surface area (Å²) in [6.07, 6.45) is 2.09. The van der Waals surface area contributed by atoms with Crippen LogP contribution in [0.1, 0.15) is 0 Å². The van der Waals surface area contributed by atoms with Crippen molar-refractivity contribution in [3.63, 3.8) is 0 Å². The van der Waals surface area contributed by atoms with Crippen LogP contribution in [0.5, 0.6) is 0 Å². The molecule has 0 atom stereocenters. The highest BCUT2D eigenvalue weighted by molar-refractivity contribution is 7.26. The predicted octanol–water partition coefficient (Wildman–Crippen LogP) is 15.5. The second kappa shape index (κ2) is 14.8. The van der Waals surface area contributed by atoms with E-state index in [0.717, 1.165) is 45.2 Å². The third-order valence-corrected chi connectivity index (χ3v) is 12.5. The van der Waals surface area contributed by atoms with E-state index >= 15 is 0 Å². The Morgan fingerprint density at radius 1 is 0.390 bits per heavy atom. The summed E-state index contributed by atoms with van der Waals surface area (Å²) in [5.74, 6) is 0. The summed E-state index contributed by atoms with van der Waals surface area (Å²) in [5, 5.41) is 2.63. The van der Waals surface area contributed by atoms with E-state index in [1.165, 1.54) is 53.6 Å². The van der Waals surface area contributed by atoms with Gasteiger partial charge in [0.1, 0.15) is 5.65 Å². The Bertz CT molecular complexity index is 3220. The van der Waals surface area contributed by atoms with Crippen LogP contribution >= 0.6 is 11.3 Å². The van der Waals surface area contributed by atoms with Crippen molar-refractivity contribution in [2.45, 2.75) is 0 Å². The number of hydrogen-bond donors (Lipinski definition) is 0. The van der Waals surface area contributed by atoms with Crippen LogP contribution < -0.4 is 4.90 Å². The summed E-state index contributed by atoms with van der Waals surface area (Å²) in [6.45, 7) is 0. The molecule has 11 aromatic rings. The topological polar surface area (TPSA) is 20.5 Å². The molecule has 59 heavy (non-hydrogen) atoms. The Morgan fingerprint density at radius 3 is 1.61 bits per heavy atom. The highest BCUT2D eigenvalue weighted by Gasteiger charge is 2.18. The normalized spacial score (nSPS) is 11.4. The molecule has 278 valence electrons. The van der Waals surface area contributed by atoms with Crippen molar-refractivity contribution < 1.29 is 0 Å². The third-order valence-electron chi connectivity index (χ3n) is 11.3. The molecule has 3 nitrogen and oxygen atoms in total. The van der Waals surface area contributed by atoms with E-state index in [0.29, 0.717) is 0 Å². The molecule has 8 aromatic carbocycles. The van der Waals surface area contributed by atoms with E-state index in [9.17, 15) is 0 Å². The van der Waals surface area contributed by atoms with E-state index in [1.807, 2.05) is 17.4 Å². The maximum absolute atomic E-state index is 5.09. The molecule has 0 spiro atoms. The minimum atomic E-state index is 0.928. The number of nitrogens with zero attached hydrogens (tertiary/aromatic N) is 3. The molecule has 0 aliphatic rings. The van der Waals surface area contributed by atoms with Crippen molar-refractivity contribution in [3.8, 4) is 55.9 Å². The maximum Gasteiger partial charge on any atom is 0.137 e. The van der Waals surface area contributed by atoms with Gasteiger partial charge in [-0.25, -0.2) is 4.98 Å². The monoisotopic (exact) mass is 771 g/mol. The largest absolute Gasteiger partial charge is 0.311 e. The fourth-order valence-electron chi connectivity index (χ4n) is 8.34. The fourth-order valence-corrected chi connectivity index (χ4v) is 9.62. The van der Waals surface area contributed by atoms with Gasteiger partial charge < -0.3 is 4.90 Å². The van der Waals surface area contributed by atoms with Crippen molar-refractivity contribution in [1.29, 1.82) is 0 Å². The van der Waals surface area contributed by atoms with E-state index in [1.54, 1.807) is 0 Å². The Labute approximate surface area is 347 Å². The molecule has 0 aliphatic carbocycles. The molecule has 0 aliphatic heterocycles. The quantitative estimate of drug-likeness (QED) is 0.153. The number of para-hydroxylation sites is 1. The van der Waals surface area contributed by atoms with Gasteiger partial charge in [0.05, 0.1) is 11.4 Å². The van der Waals surface area contributed by atoms with Crippen LogP contribution in [0, 0.1) is 0 Å². The van der Waals surface area contributed by atoms with Crippen molar-refractivity contribution >= 4 is 54.2 Å². The second-order valence-corrected chi connectivity index (χ2v) is 15.9. The highest BCUT2D eigenvalue weighted by Crippen LogP contribution is 2.42. The van der Waals surface area contributed by atoms with Gasteiger partial charge in [0.25, 0.3) is 0 Å². The first kappa shape index (κ1) is 34.7. The molecule has 0 amide bonds. The molecule has 0 saturated heterocycles. The van der Waals surface area contributed by atoms with Crippen molar-refractivity contribution in [3.05, 3.63) is 225 Å². The van der Waals surface area contributed by atoms with Crippen LogP contribution in [0.3, 0.4) is 0 Å². The first-order valence-electron chi connectivity index (χ1n) is 19.9. The molecule has 0 bridgehead atoms. The van der Waals surface area contributed by atoms with E-state index in [4.69, 9.17) is 4.98 Å². The average Bonchev–Trinajstić information content (AvgIpc) is 3.89. The van der Waals surface area contributed by atoms with Gasteiger partial charge in [0.15, 0.2) is 0 Å². The zero-order chi connectivity index (χ0) is 39.1. The molecule has 0 unspecified atom stereocenters. The molecule has 11 rings (SSSR count). The first-order valence-corrected chi connectivity index (χ1v) is 20.8. The van der Waals surface area contributed by atoms with Crippen molar-refractivity contribution in [2.75, 3.05) is 4.90 Å². The number of fused-ring (bicyclic) bond motifs is 4. The number of aromatic nitrogens is 2. The van der Waals surface area contributed by atoms with E-state index in [-0.39, 0.29) is 0 Å². The zero-order valence-electron chi connectivity index (χ0n) is 32.1. The maximum atomic E-state index is 5.09. The summed E-state index contributed by atoms with van der Waals surface area (Å²) in [5.41, 5.74) is 15.8. The van der Waals surface area contributed by atoms with E-state index < -0.39 is 0 Å². The number of imidazole rings is 1. The number of hydrogen-bond acceptors (Lipinski definition) is 3. The van der Waals surface area contributed by atoms with Crippen LogP contribution in [-0.4, -0.2) is 9.38 Å². The van der Waals surface area contributed by atoms with Gasteiger partial charge in [0.2, 0.25) is 0 Å². The molecule has 0 saturated carbocycles. The predicted molar refractivity (Wildman–Crippen MR) is 250 cm³/mol. The van der Waals surface area contributed by atoms with Crippen LogP contribution in [0.4, 0.5) is 17.1 Å². The molecule has 3 heterocycles. The molecule has 0 N–H and O–H groups in total. The van der Waals surface area contributed by atoms with Crippen LogP contribution in [0.15, 0.2) is 225 Å². The Kier molecular flexibility index (Phi) is 8.68. The summed E-state index contributed by atoms with van der Waals surface area (Å²) in [7, 11) is 0. The van der Waals surface area contributed by atoms with Gasteiger partial charge in [-0.3, -0.25) is 4.40 Å². The summed E-state index contributed by atoms with van der Waals surface area (Å²) >= 11 is 1.88. The number of pyridine rings is 1. The molecule has 3 aromatic heterocycles. The fraction of sp³-hybridized carbons (Fsp3) is 0.